The van der Waals surface area contributed by atoms with E-state index in [9.17, 15) is 4.39 Å². The largest absolute Gasteiger partial charge is 0.330 e. The van der Waals surface area contributed by atoms with Crippen LogP contribution in [0.3, 0.4) is 0 Å². The quantitative estimate of drug-likeness (QED) is 0.718. The second-order valence-corrected chi connectivity index (χ2v) is 3.74. The van der Waals surface area contributed by atoms with E-state index in [4.69, 9.17) is 5.73 Å². The summed E-state index contributed by atoms with van der Waals surface area (Å²) in [6, 6.07) is 6.77. The third kappa shape index (κ3) is 3.46. The van der Waals surface area contributed by atoms with Crippen molar-refractivity contribution in [2.75, 3.05) is 6.54 Å². The summed E-state index contributed by atoms with van der Waals surface area (Å²) in [7, 11) is 0. The molecule has 0 heterocycles. The van der Waals surface area contributed by atoms with Crippen LogP contribution in [0.15, 0.2) is 24.3 Å². The molecule has 0 aliphatic rings. The molecule has 0 radical (unpaired) electrons. The molecule has 0 fully saturated rings. The average molecular weight is 195 g/mol. The van der Waals surface area contributed by atoms with Gasteiger partial charge >= 0.3 is 0 Å². The minimum Gasteiger partial charge on any atom is -0.330 e. The standard InChI is InChI=1S/C12H18FN/c1-10(4-2-3-9-14)11-5-7-12(13)8-6-11/h5-8,10H,2-4,9,14H2,1H3. The highest BCUT2D eigenvalue weighted by molar-refractivity contribution is 5.19. The Bertz CT molecular complexity index is 256. The molecule has 0 saturated heterocycles. The molecule has 1 aromatic rings. The highest BCUT2D eigenvalue weighted by Gasteiger charge is 2.04. The maximum absolute atomic E-state index is 12.6. The van der Waals surface area contributed by atoms with Crippen LogP contribution in [0.1, 0.15) is 37.7 Å². The Hall–Kier alpha value is -0.890. The summed E-state index contributed by atoms with van der Waals surface area (Å²) in [4.78, 5) is 0. The van der Waals surface area contributed by atoms with Crippen LogP contribution in [0.5, 0.6) is 0 Å². The Morgan fingerprint density at radius 3 is 2.43 bits per heavy atom. The molecule has 0 bridgehead atoms. The van der Waals surface area contributed by atoms with Crippen LogP contribution in [0.25, 0.3) is 0 Å². The van der Waals surface area contributed by atoms with Crippen molar-refractivity contribution in [2.24, 2.45) is 5.73 Å². The molecule has 0 spiro atoms. The van der Waals surface area contributed by atoms with E-state index in [1.807, 2.05) is 12.1 Å². The van der Waals surface area contributed by atoms with Gasteiger partial charge in [-0.2, -0.15) is 0 Å². The van der Waals surface area contributed by atoms with E-state index < -0.39 is 0 Å². The topological polar surface area (TPSA) is 26.0 Å². The van der Waals surface area contributed by atoms with Gasteiger partial charge in [0, 0.05) is 0 Å². The van der Waals surface area contributed by atoms with Gasteiger partial charge in [-0.1, -0.05) is 25.5 Å². The zero-order valence-corrected chi connectivity index (χ0v) is 8.67. The Morgan fingerprint density at radius 1 is 1.21 bits per heavy atom. The van der Waals surface area contributed by atoms with E-state index in [-0.39, 0.29) is 5.82 Å². The predicted octanol–water partition coefficient (Wildman–Crippen LogP) is 3.06. The first kappa shape index (κ1) is 11.2. The van der Waals surface area contributed by atoms with Gasteiger partial charge in [0.15, 0.2) is 0 Å². The molecule has 1 rings (SSSR count). The van der Waals surface area contributed by atoms with Gasteiger partial charge in [-0.25, -0.2) is 4.39 Å². The summed E-state index contributed by atoms with van der Waals surface area (Å²) < 4.78 is 12.6. The molecular weight excluding hydrogens is 177 g/mol. The number of unbranched alkanes of at least 4 members (excludes halogenated alkanes) is 1. The van der Waals surface area contributed by atoms with Crippen molar-refractivity contribution in [1.29, 1.82) is 0 Å². The highest BCUT2D eigenvalue weighted by Crippen LogP contribution is 2.21. The molecule has 0 aromatic heterocycles. The monoisotopic (exact) mass is 195 g/mol. The van der Waals surface area contributed by atoms with Crippen molar-refractivity contribution in [3.05, 3.63) is 35.6 Å². The van der Waals surface area contributed by atoms with E-state index in [0.29, 0.717) is 5.92 Å². The summed E-state index contributed by atoms with van der Waals surface area (Å²) in [6.07, 6.45) is 3.35. The van der Waals surface area contributed by atoms with Gasteiger partial charge < -0.3 is 5.73 Å². The minimum absolute atomic E-state index is 0.164. The summed E-state index contributed by atoms with van der Waals surface area (Å²) in [5.74, 6) is 0.338. The fourth-order valence-electron chi connectivity index (χ4n) is 1.55. The molecule has 1 atom stereocenters. The third-order valence-electron chi connectivity index (χ3n) is 2.53. The highest BCUT2D eigenvalue weighted by atomic mass is 19.1. The van der Waals surface area contributed by atoms with Crippen molar-refractivity contribution in [2.45, 2.75) is 32.1 Å². The molecule has 0 aliphatic carbocycles. The van der Waals surface area contributed by atoms with Crippen LogP contribution < -0.4 is 5.73 Å². The van der Waals surface area contributed by atoms with E-state index in [1.165, 1.54) is 17.7 Å². The zero-order chi connectivity index (χ0) is 10.4. The lowest BCUT2D eigenvalue weighted by atomic mass is 9.95. The number of nitrogens with two attached hydrogens (primary N) is 1. The van der Waals surface area contributed by atoms with Crippen molar-refractivity contribution in [3.63, 3.8) is 0 Å². The molecule has 2 heteroatoms. The molecule has 0 saturated carbocycles. The molecule has 0 amide bonds. The fraction of sp³-hybridized carbons (Fsp3) is 0.500. The maximum Gasteiger partial charge on any atom is 0.123 e. The molecular formula is C12H18FN. The number of hydrogen-bond acceptors (Lipinski definition) is 1. The lowest BCUT2D eigenvalue weighted by molar-refractivity contribution is 0.602. The van der Waals surface area contributed by atoms with Crippen molar-refractivity contribution >= 4 is 0 Å². The Morgan fingerprint density at radius 2 is 1.86 bits per heavy atom. The van der Waals surface area contributed by atoms with Crippen LogP contribution in [0, 0.1) is 5.82 Å². The van der Waals surface area contributed by atoms with Crippen LogP contribution >= 0.6 is 0 Å². The first-order valence-corrected chi connectivity index (χ1v) is 5.19. The Kier molecular flexibility index (Phi) is 4.60. The van der Waals surface area contributed by atoms with E-state index >= 15 is 0 Å². The first-order valence-electron chi connectivity index (χ1n) is 5.19. The number of benzene rings is 1. The normalized spacial score (nSPS) is 12.8. The predicted molar refractivity (Wildman–Crippen MR) is 57.7 cm³/mol. The van der Waals surface area contributed by atoms with Gasteiger partial charge in [0.25, 0.3) is 0 Å². The lowest BCUT2D eigenvalue weighted by Gasteiger charge is -2.10. The molecule has 0 aliphatic heterocycles. The number of rotatable bonds is 5. The summed E-state index contributed by atoms with van der Waals surface area (Å²) in [6.45, 7) is 2.93. The van der Waals surface area contributed by atoms with Gasteiger partial charge in [-0.15, -0.1) is 0 Å². The Balaban J connectivity index is 2.43. The lowest BCUT2D eigenvalue weighted by Crippen LogP contribution is -2.00. The molecule has 78 valence electrons. The molecule has 1 unspecified atom stereocenters. The molecule has 2 N–H and O–H groups in total. The fourth-order valence-corrected chi connectivity index (χ4v) is 1.55. The van der Waals surface area contributed by atoms with Gasteiger partial charge in [0.2, 0.25) is 0 Å². The van der Waals surface area contributed by atoms with Gasteiger partial charge in [0.1, 0.15) is 5.82 Å². The van der Waals surface area contributed by atoms with Crippen LogP contribution in [-0.4, -0.2) is 6.54 Å². The second kappa shape index (κ2) is 5.76. The van der Waals surface area contributed by atoms with Gasteiger partial charge in [-0.3, -0.25) is 0 Å². The maximum atomic E-state index is 12.6. The van der Waals surface area contributed by atoms with Crippen LogP contribution in [0.2, 0.25) is 0 Å². The third-order valence-corrected chi connectivity index (χ3v) is 2.53. The number of halogens is 1. The van der Waals surface area contributed by atoms with E-state index in [0.717, 1.165) is 25.8 Å². The molecule has 14 heavy (non-hydrogen) atoms. The first-order chi connectivity index (χ1) is 6.74. The zero-order valence-electron chi connectivity index (χ0n) is 8.67. The Labute approximate surface area is 85.1 Å². The summed E-state index contributed by atoms with van der Waals surface area (Å²) >= 11 is 0. The van der Waals surface area contributed by atoms with Crippen molar-refractivity contribution in [1.82, 2.24) is 0 Å². The van der Waals surface area contributed by atoms with Gasteiger partial charge in [-0.05, 0) is 43.0 Å². The summed E-state index contributed by atoms with van der Waals surface area (Å²) in [5, 5.41) is 0. The minimum atomic E-state index is -0.164. The molecule has 1 nitrogen and oxygen atoms in total. The number of hydrogen-bond donors (Lipinski definition) is 1. The van der Waals surface area contributed by atoms with E-state index in [1.54, 1.807) is 0 Å². The van der Waals surface area contributed by atoms with Crippen molar-refractivity contribution in [3.8, 4) is 0 Å². The van der Waals surface area contributed by atoms with Crippen molar-refractivity contribution < 1.29 is 4.39 Å². The van der Waals surface area contributed by atoms with Gasteiger partial charge in [0.05, 0.1) is 0 Å². The van der Waals surface area contributed by atoms with Crippen LogP contribution in [-0.2, 0) is 0 Å². The van der Waals surface area contributed by atoms with Crippen LogP contribution in [0.4, 0.5) is 4.39 Å². The smallest absolute Gasteiger partial charge is 0.123 e. The SMILES string of the molecule is CC(CCCCN)c1ccc(F)cc1. The second-order valence-electron chi connectivity index (χ2n) is 3.74. The summed E-state index contributed by atoms with van der Waals surface area (Å²) in [5.41, 5.74) is 6.64. The average Bonchev–Trinajstić information content (AvgIpc) is 2.19. The van der Waals surface area contributed by atoms with E-state index in [2.05, 4.69) is 6.92 Å². The molecule has 1 aromatic carbocycles.